The predicted molar refractivity (Wildman–Crippen MR) is 140 cm³/mol. The van der Waals surface area contributed by atoms with E-state index in [0.29, 0.717) is 16.2 Å². The Bertz CT molecular complexity index is 1440. The summed E-state index contributed by atoms with van der Waals surface area (Å²) in [5, 5.41) is 0. The molecule has 1 atom stereocenters. The summed E-state index contributed by atoms with van der Waals surface area (Å²) >= 11 is 0. The van der Waals surface area contributed by atoms with E-state index in [1.807, 2.05) is 30.3 Å². The van der Waals surface area contributed by atoms with E-state index in [0.717, 1.165) is 15.9 Å². The second kappa shape index (κ2) is 11.9. The molecule has 1 unspecified atom stereocenters. The number of rotatable bonds is 7. The van der Waals surface area contributed by atoms with E-state index in [9.17, 15) is 18.0 Å². The van der Waals surface area contributed by atoms with Crippen molar-refractivity contribution in [2.45, 2.75) is 34.1 Å². The van der Waals surface area contributed by atoms with Crippen molar-refractivity contribution in [2.24, 2.45) is 0 Å². The highest BCUT2D eigenvalue weighted by atomic mass is 32.2. The summed E-state index contributed by atoms with van der Waals surface area (Å²) in [5.74, 6) is 3.91. The molecule has 0 saturated carbocycles. The quantitative estimate of drug-likeness (QED) is 0.147. The van der Waals surface area contributed by atoms with Gasteiger partial charge < -0.3 is 9.47 Å². The van der Waals surface area contributed by atoms with Crippen molar-refractivity contribution < 1.29 is 27.4 Å². The Morgan fingerprint density at radius 1 is 0.763 bits per heavy atom. The highest BCUT2D eigenvalue weighted by molar-refractivity contribution is 7.97. The van der Waals surface area contributed by atoms with Crippen LogP contribution in [0.15, 0.2) is 112 Å². The van der Waals surface area contributed by atoms with Gasteiger partial charge >= 0.3 is 5.97 Å². The van der Waals surface area contributed by atoms with Gasteiger partial charge in [-0.3, -0.25) is 0 Å². The molecule has 0 bridgehead atoms. The summed E-state index contributed by atoms with van der Waals surface area (Å²) in [4.78, 5) is 14.6. The fourth-order valence-corrected chi connectivity index (χ4v) is 5.64. The van der Waals surface area contributed by atoms with Gasteiger partial charge in [0.1, 0.15) is 23.2 Å². The Hall–Kier alpha value is -4.15. The van der Waals surface area contributed by atoms with Crippen LogP contribution in [0.4, 0.5) is 13.2 Å². The molecule has 0 spiro atoms. The van der Waals surface area contributed by atoms with E-state index < -0.39 is 34.1 Å². The molecule has 7 heteroatoms. The monoisotopic (exact) mass is 533 g/mol. The smallest absolute Gasteiger partial charge is 0.345 e. The summed E-state index contributed by atoms with van der Waals surface area (Å²) in [6.07, 6.45) is 0. The van der Waals surface area contributed by atoms with Crippen LogP contribution < -0.4 is 4.74 Å². The number of carbonyl (C=O) groups excluding carboxylic acids is 1. The van der Waals surface area contributed by atoms with Crippen LogP contribution in [0.2, 0.25) is 0 Å². The van der Waals surface area contributed by atoms with E-state index in [1.165, 1.54) is 24.3 Å². The first-order chi connectivity index (χ1) is 18.2. The van der Waals surface area contributed by atoms with Crippen molar-refractivity contribution in [3.05, 3.63) is 120 Å². The Labute approximate surface area is 222 Å². The first-order valence-corrected chi connectivity index (χ1v) is 12.9. The minimum absolute atomic E-state index is 0.333. The lowest BCUT2D eigenvalue weighted by molar-refractivity contribution is -0.154. The van der Waals surface area contributed by atoms with E-state index >= 15 is 0 Å². The Morgan fingerprint density at radius 2 is 1.37 bits per heavy atom. The lowest BCUT2D eigenvalue weighted by Crippen LogP contribution is -2.29. The van der Waals surface area contributed by atoms with Crippen LogP contribution in [0.5, 0.6) is 5.75 Å². The topological polar surface area (TPSA) is 35.5 Å². The van der Waals surface area contributed by atoms with Crippen molar-refractivity contribution in [1.82, 2.24) is 0 Å². The fourth-order valence-electron chi connectivity index (χ4n) is 3.52. The molecule has 0 aliphatic rings. The maximum absolute atomic E-state index is 14.0. The third kappa shape index (κ3) is 7.44. The molecule has 0 aromatic heterocycles. The molecule has 4 aromatic carbocycles. The second-order valence-electron chi connectivity index (χ2n) is 8.73. The van der Waals surface area contributed by atoms with Crippen LogP contribution in [0.25, 0.3) is 0 Å². The standard InChI is InChI=1S/C31H24F3O3S/c1-31(2,17-16-22-8-10-23(32)11-9-22)37-30(35)21-36-26-12-14-28(15-13-26)38(27-6-4-3-5-7-27)29-19-24(33)18-25(34)20-29/h3-15,18-20H,21H2,1-2H3/q+1. The minimum Gasteiger partial charge on any atom is -0.482 e. The van der Waals surface area contributed by atoms with Gasteiger partial charge in [0, 0.05) is 23.8 Å². The molecule has 0 saturated heterocycles. The molecule has 38 heavy (non-hydrogen) atoms. The Kier molecular flexibility index (Phi) is 8.45. The normalized spacial score (nSPS) is 11.7. The molecular formula is C31H24F3O3S+. The Balaban J connectivity index is 1.43. The second-order valence-corrected chi connectivity index (χ2v) is 10.8. The third-order valence-electron chi connectivity index (χ3n) is 5.19. The first kappa shape index (κ1) is 26.9. The van der Waals surface area contributed by atoms with E-state index in [2.05, 4.69) is 11.8 Å². The fraction of sp³-hybridized carbons (Fsp3) is 0.129. The number of carbonyl (C=O) groups is 1. The Morgan fingerprint density at radius 3 is 2.00 bits per heavy atom. The first-order valence-electron chi connectivity index (χ1n) is 11.7. The highest BCUT2D eigenvalue weighted by Crippen LogP contribution is 2.33. The lowest BCUT2D eigenvalue weighted by atomic mass is 10.1. The number of esters is 1. The van der Waals surface area contributed by atoms with E-state index in [4.69, 9.17) is 9.47 Å². The number of hydrogen-bond donors (Lipinski definition) is 0. The molecule has 192 valence electrons. The van der Waals surface area contributed by atoms with Gasteiger partial charge in [0.05, 0.1) is 10.9 Å². The molecular weight excluding hydrogens is 509 g/mol. The van der Waals surface area contributed by atoms with Crippen LogP contribution in [0.3, 0.4) is 0 Å². The highest BCUT2D eigenvalue weighted by Gasteiger charge is 2.30. The third-order valence-corrected chi connectivity index (χ3v) is 7.38. The summed E-state index contributed by atoms with van der Waals surface area (Å²) in [5.41, 5.74) is -0.481. The van der Waals surface area contributed by atoms with Gasteiger partial charge in [0.25, 0.3) is 0 Å². The van der Waals surface area contributed by atoms with Crippen LogP contribution >= 0.6 is 0 Å². The maximum Gasteiger partial charge on any atom is 0.345 e. The SMILES string of the molecule is CC(C)(C#Cc1ccc(F)cc1)OC(=O)COc1ccc([S+](c2ccccc2)c2cc(F)cc(F)c2)cc1. The molecule has 0 aliphatic heterocycles. The summed E-state index contributed by atoms with van der Waals surface area (Å²) in [6.45, 7) is 2.97. The molecule has 0 amide bonds. The van der Waals surface area contributed by atoms with Gasteiger partial charge in [-0.05, 0) is 74.5 Å². The number of ether oxygens (including phenoxy) is 2. The zero-order chi connectivity index (χ0) is 27.1. The van der Waals surface area contributed by atoms with Crippen molar-refractivity contribution in [1.29, 1.82) is 0 Å². The van der Waals surface area contributed by atoms with Crippen LogP contribution in [0, 0.1) is 29.3 Å². The largest absolute Gasteiger partial charge is 0.482 e. The van der Waals surface area contributed by atoms with Crippen LogP contribution in [0.1, 0.15) is 19.4 Å². The molecule has 3 nitrogen and oxygen atoms in total. The van der Waals surface area contributed by atoms with Gasteiger partial charge in [0.2, 0.25) is 0 Å². The zero-order valence-electron chi connectivity index (χ0n) is 20.7. The zero-order valence-corrected chi connectivity index (χ0v) is 21.5. The molecule has 0 fully saturated rings. The average molecular weight is 534 g/mol. The lowest BCUT2D eigenvalue weighted by Gasteiger charge is -2.19. The van der Waals surface area contributed by atoms with Crippen molar-refractivity contribution >= 4 is 16.9 Å². The maximum atomic E-state index is 14.0. The van der Waals surface area contributed by atoms with E-state index in [1.54, 1.807) is 50.2 Å². The number of halogens is 3. The molecule has 0 heterocycles. The van der Waals surface area contributed by atoms with Gasteiger partial charge in [-0.1, -0.05) is 30.0 Å². The number of hydrogen-bond acceptors (Lipinski definition) is 3. The van der Waals surface area contributed by atoms with Gasteiger partial charge in [0.15, 0.2) is 26.9 Å². The van der Waals surface area contributed by atoms with Gasteiger partial charge in [-0.2, -0.15) is 0 Å². The average Bonchev–Trinajstić information content (AvgIpc) is 2.88. The molecule has 4 aromatic rings. The summed E-state index contributed by atoms with van der Waals surface area (Å²) in [7, 11) is -0.752. The van der Waals surface area contributed by atoms with Crippen molar-refractivity contribution in [3.8, 4) is 17.6 Å². The minimum atomic E-state index is -1.08. The van der Waals surface area contributed by atoms with Crippen LogP contribution in [-0.4, -0.2) is 18.2 Å². The summed E-state index contributed by atoms with van der Waals surface area (Å²) in [6, 6.07) is 25.7. The van der Waals surface area contributed by atoms with Gasteiger partial charge in [-0.25, -0.2) is 18.0 Å². The summed E-state index contributed by atoms with van der Waals surface area (Å²) < 4.78 is 52.1. The molecule has 0 aliphatic carbocycles. The molecule has 0 N–H and O–H groups in total. The van der Waals surface area contributed by atoms with Gasteiger partial charge in [-0.15, -0.1) is 0 Å². The van der Waals surface area contributed by atoms with E-state index in [-0.39, 0.29) is 12.4 Å². The predicted octanol–water partition coefficient (Wildman–Crippen LogP) is 6.95. The molecule has 4 rings (SSSR count). The van der Waals surface area contributed by atoms with Crippen LogP contribution in [-0.2, 0) is 20.4 Å². The molecule has 0 radical (unpaired) electrons. The number of benzene rings is 4. The van der Waals surface area contributed by atoms with Crippen molar-refractivity contribution in [2.75, 3.05) is 6.61 Å². The van der Waals surface area contributed by atoms with Crippen molar-refractivity contribution in [3.63, 3.8) is 0 Å².